The Kier molecular flexibility index (Phi) is 8.25. The number of nitrogen functional groups attached to an aromatic ring is 1. The fraction of sp³-hybridized carbons (Fsp3) is 0.458. The summed E-state index contributed by atoms with van der Waals surface area (Å²) in [6.07, 6.45) is 2.12. The van der Waals surface area contributed by atoms with Crippen LogP contribution in [0.3, 0.4) is 0 Å². The molecule has 0 saturated carbocycles. The monoisotopic (exact) mass is 517 g/mol. The summed E-state index contributed by atoms with van der Waals surface area (Å²) >= 11 is 0. The van der Waals surface area contributed by atoms with E-state index in [1.807, 2.05) is 18.2 Å². The molecule has 1 aliphatic rings. The van der Waals surface area contributed by atoms with Crippen molar-refractivity contribution in [2.75, 3.05) is 18.9 Å². The van der Waals surface area contributed by atoms with Gasteiger partial charge in [0.1, 0.15) is 30.2 Å². The quantitative estimate of drug-likeness (QED) is 0.284. The Morgan fingerprint density at radius 3 is 2.81 bits per heavy atom. The first-order valence-electron chi connectivity index (χ1n) is 11.9. The van der Waals surface area contributed by atoms with Gasteiger partial charge in [0.05, 0.1) is 24.5 Å². The number of hydrogen-bond acceptors (Lipinski definition) is 9. The van der Waals surface area contributed by atoms with Crippen LogP contribution in [0.5, 0.6) is 5.75 Å². The van der Waals surface area contributed by atoms with Gasteiger partial charge in [-0.25, -0.2) is 19.2 Å². The molecule has 0 aliphatic carbocycles. The number of carbonyl (C=O) groups excluding carboxylic acids is 1. The van der Waals surface area contributed by atoms with Gasteiger partial charge in [-0.2, -0.15) is 5.10 Å². The highest BCUT2D eigenvalue weighted by molar-refractivity contribution is 7.52. The number of para-hydroxylation sites is 1. The average Bonchev–Trinajstić information content (AvgIpc) is 3.42. The van der Waals surface area contributed by atoms with Crippen molar-refractivity contribution in [3.8, 4) is 5.75 Å². The molecule has 36 heavy (non-hydrogen) atoms. The van der Waals surface area contributed by atoms with Crippen molar-refractivity contribution in [3.05, 3.63) is 54.5 Å². The standard InChI is InChI=1S/C24H32N5O6P/c1-16(2)33-22(30)14-28-36(31,35-18-7-5-4-6-8-18)32-12-11-19-13-17(3)23(34-19)20-9-10-21-24(25)26-15-27-29(20)21/h4-10,15-17,19,23H,11-14H2,1-3H3,(H,28,31)(H2,25,26,27). The van der Waals surface area contributed by atoms with Crippen molar-refractivity contribution in [1.29, 1.82) is 0 Å². The Morgan fingerprint density at radius 1 is 1.28 bits per heavy atom. The van der Waals surface area contributed by atoms with Gasteiger partial charge in [0.25, 0.3) is 0 Å². The number of anilines is 1. The lowest BCUT2D eigenvalue weighted by atomic mass is 9.99. The molecule has 4 atom stereocenters. The number of nitrogens with one attached hydrogen (secondary N) is 1. The fourth-order valence-corrected chi connectivity index (χ4v) is 5.44. The molecule has 3 N–H and O–H groups in total. The van der Waals surface area contributed by atoms with E-state index < -0.39 is 13.7 Å². The smallest absolute Gasteiger partial charge is 0.459 e. The third-order valence-corrected chi connectivity index (χ3v) is 7.27. The number of esters is 1. The second-order valence-electron chi connectivity index (χ2n) is 8.99. The number of carbonyl (C=O) groups is 1. The molecule has 1 aliphatic heterocycles. The maximum atomic E-state index is 13.4. The number of benzene rings is 1. The lowest BCUT2D eigenvalue weighted by molar-refractivity contribution is -0.145. The molecular formula is C24H32N5O6P. The van der Waals surface area contributed by atoms with E-state index in [2.05, 4.69) is 22.1 Å². The number of fused-ring (bicyclic) bond motifs is 1. The number of nitrogens with two attached hydrogens (primary N) is 1. The summed E-state index contributed by atoms with van der Waals surface area (Å²) in [7, 11) is -3.85. The van der Waals surface area contributed by atoms with E-state index >= 15 is 0 Å². The molecule has 194 valence electrons. The number of nitrogens with zero attached hydrogens (tertiary/aromatic N) is 3. The maximum absolute atomic E-state index is 13.4. The van der Waals surface area contributed by atoms with Gasteiger partial charge in [-0.1, -0.05) is 25.1 Å². The zero-order valence-electron chi connectivity index (χ0n) is 20.6. The minimum absolute atomic E-state index is 0.102. The first-order valence-corrected chi connectivity index (χ1v) is 13.5. The number of hydrogen-bond donors (Lipinski definition) is 2. The zero-order chi connectivity index (χ0) is 25.7. The summed E-state index contributed by atoms with van der Waals surface area (Å²) < 4.78 is 37.9. The minimum Gasteiger partial charge on any atom is -0.462 e. The number of aromatic nitrogens is 3. The molecule has 0 spiro atoms. The van der Waals surface area contributed by atoms with Crippen molar-refractivity contribution in [1.82, 2.24) is 19.7 Å². The third-order valence-electron chi connectivity index (χ3n) is 5.75. The summed E-state index contributed by atoms with van der Waals surface area (Å²) in [4.78, 5) is 16.0. The topological polar surface area (TPSA) is 139 Å². The summed E-state index contributed by atoms with van der Waals surface area (Å²) in [5.74, 6) is 0.439. The summed E-state index contributed by atoms with van der Waals surface area (Å²) in [6.45, 7) is 5.38. The van der Waals surface area contributed by atoms with Crippen molar-refractivity contribution in [2.24, 2.45) is 5.92 Å². The second kappa shape index (κ2) is 11.4. The van der Waals surface area contributed by atoms with Gasteiger partial charge in [0.15, 0.2) is 5.82 Å². The number of rotatable bonds is 11. The van der Waals surface area contributed by atoms with Crippen LogP contribution in [0.2, 0.25) is 0 Å². The molecule has 0 radical (unpaired) electrons. The van der Waals surface area contributed by atoms with E-state index in [0.717, 1.165) is 17.6 Å². The highest BCUT2D eigenvalue weighted by Gasteiger charge is 2.36. The molecule has 0 bridgehead atoms. The normalized spacial score (nSPS) is 21.5. The SMILES string of the molecule is CC(C)OC(=O)CNP(=O)(OCCC1CC(C)C(c2ccc3c(N)ncnn23)O1)Oc1ccccc1. The Bertz CT molecular complexity index is 1220. The van der Waals surface area contributed by atoms with E-state index in [1.54, 1.807) is 42.6 Å². The lowest BCUT2D eigenvalue weighted by Gasteiger charge is -2.21. The van der Waals surface area contributed by atoms with Crippen LogP contribution < -0.4 is 15.3 Å². The molecule has 4 rings (SSSR count). The van der Waals surface area contributed by atoms with Gasteiger partial charge in [-0.3, -0.25) is 9.32 Å². The zero-order valence-corrected chi connectivity index (χ0v) is 21.5. The lowest BCUT2D eigenvalue weighted by Crippen LogP contribution is -2.27. The molecule has 1 aromatic carbocycles. The molecule has 11 nitrogen and oxygen atoms in total. The number of ether oxygens (including phenoxy) is 2. The first-order chi connectivity index (χ1) is 17.2. The van der Waals surface area contributed by atoms with Crippen molar-refractivity contribution < 1.29 is 27.9 Å². The highest BCUT2D eigenvalue weighted by Crippen LogP contribution is 2.45. The van der Waals surface area contributed by atoms with E-state index in [-0.39, 0.29) is 37.4 Å². The van der Waals surface area contributed by atoms with Gasteiger partial charge < -0.3 is 19.7 Å². The summed E-state index contributed by atoms with van der Waals surface area (Å²) in [5, 5.41) is 6.92. The third kappa shape index (κ3) is 6.41. The minimum atomic E-state index is -3.85. The van der Waals surface area contributed by atoms with Crippen LogP contribution in [-0.4, -0.2) is 45.9 Å². The van der Waals surface area contributed by atoms with E-state index in [0.29, 0.717) is 18.0 Å². The predicted molar refractivity (Wildman–Crippen MR) is 133 cm³/mol. The van der Waals surface area contributed by atoms with Crippen molar-refractivity contribution >= 4 is 25.1 Å². The Hall–Kier alpha value is -2.98. The predicted octanol–water partition coefficient (Wildman–Crippen LogP) is 3.91. The van der Waals surface area contributed by atoms with Crippen LogP contribution in [0.4, 0.5) is 5.82 Å². The van der Waals surface area contributed by atoms with Crippen LogP contribution in [-0.2, 0) is 23.4 Å². The molecule has 12 heteroatoms. The molecule has 0 amide bonds. The van der Waals surface area contributed by atoms with Crippen molar-refractivity contribution in [3.63, 3.8) is 0 Å². The molecular weight excluding hydrogens is 485 g/mol. The van der Waals surface area contributed by atoms with E-state index in [4.69, 9.17) is 24.3 Å². The Balaban J connectivity index is 1.37. The fourth-order valence-electron chi connectivity index (χ4n) is 4.17. The summed E-state index contributed by atoms with van der Waals surface area (Å²) in [5.41, 5.74) is 7.59. The maximum Gasteiger partial charge on any atom is 0.459 e. The largest absolute Gasteiger partial charge is 0.462 e. The molecule has 3 aromatic rings. The van der Waals surface area contributed by atoms with Gasteiger partial charge in [-0.15, -0.1) is 0 Å². The second-order valence-corrected chi connectivity index (χ2v) is 10.7. The van der Waals surface area contributed by atoms with Crippen LogP contribution in [0.1, 0.15) is 45.4 Å². The van der Waals surface area contributed by atoms with E-state index in [1.165, 1.54) is 6.33 Å². The molecule has 4 unspecified atom stereocenters. The summed E-state index contributed by atoms with van der Waals surface area (Å²) in [6, 6.07) is 12.5. The molecule has 2 aromatic heterocycles. The van der Waals surface area contributed by atoms with Crippen LogP contribution >= 0.6 is 7.75 Å². The molecule has 1 saturated heterocycles. The van der Waals surface area contributed by atoms with Crippen LogP contribution in [0.25, 0.3) is 5.52 Å². The molecule has 1 fully saturated rings. The van der Waals surface area contributed by atoms with Gasteiger partial charge in [0.2, 0.25) is 0 Å². The van der Waals surface area contributed by atoms with E-state index in [9.17, 15) is 9.36 Å². The van der Waals surface area contributed by atoms with Gasteiger partial charge in [0, 0.05) is 0 Å². The van der Waals surface area contributed by atoms with Gasteiger partial charge >= 0.3 is 13.7 Å². The highest BCUT2D eigenvalue weighted by atomic mass is 31.2. The Labute approximate surface area is 209 Å². The van der Waals surface area contributed by atoms with Crippen molar-refractivity contribution in [2.45, 2.75) is 51.9 Å². The van der Waals surface area contributed by atoms with Gasteiger partial charge in [-0.05, 0) is 56.9 Å². The van der Waals surface area contributed by atoms with Crippen LogP contribution in [0.15, 0.2) is 48.8 Å². The van der Waals surface area contributed by atoms with Crippen LogP contribution in [0, 0.1) is 5.92 Å². The first kappa shape index (κ1) is 26.1. The average molecular weight is 518 g/mol. The molecule has 3 heterocycles. The Morgan fingerprint density at radius 2 is 2.06 bits per heavy atom.